The number of halogens is 2. The van der Waals surface area contributed by atoms with Crippen molar-refractivity contribution >= 4 is 11.8 Å². The van der Waals surface area contributed by atoms with Crippen molar-refractivity contribution < 1.29 is 55.1 Å². The Bertz CT molecular complexity index is 460. The molecular weight excluding hydrogens is 443 g/mol. The van der Waals surface area contributed by atoms with Crippen LogP contribution in [0, 0.1) is 16.2 Å². The molecule has 0 bridgehead atoms. The summed E-state index contributed by atoms with van der Waals surface area (Å²) in [6.07, 6.45) is 7.94. The third-order valence-electron chi connectivity index (χ3n) is 6.08. The van der Waals surface area contributed by atoms with Crippen molar-refractivity contribution in [2.75, 3.05) is 0 Å². The fourth-order valence-corrected chi connectivity index (χ4v) is 4.90. The van der Waals surface area contributed by atoms with Crippen LogP contribution < -0.4 is 33.9 Å². The Morgan fingerprint density at radius 2 is 1.38 bits per heavy atom. The molecule has 1 aliphatic rings. The minimum absolute atomic E-state index is 0. The number of hydrogen-bond acceptors (Lipinski definition) is 2. The first-order valence-corrected chi connectivity index (χ1v) is 11.4. The summed E-state index contributed by atoms with van der Waals surface area (Å²) >= 11 is 1.65. The van der Waals surface area contributed by atoms with Gasteiger partial charge in [-0.3, -0.25) is 4.79 Å². The predicted molar refractivity (Wildman–Crippen MR) is 110 cm³/mol. The molecule has 0 aromatic heterocycles. The van der Waals surface area contributed by atoms with Crippen LogP contribution in [0.15, 0.2) is 0 Å². The van der Waals surface area contributed by atoms with Gasteiger partial charge in [0.15, 0.2) is 0 Å². The van der Waals surface area contributed by atoms with Crippen molar-refractivity contribution in [3.05, 3.63) is 0 Å². The number of carbonyl (C=O) groups excluding carboxylic acids is 2. The molecule has 0 heterocycles. The summed E-state index contributed by atoms with van der Waals surface area (Å²) in [7, 11) is 0. The third-order valence-corrected chi connectivity index (χ3v) is 6.52. The van der Waals surface area contributed by atoms with Crippen LogP contribution in [0.4, 0.5) is 0 Å². The zero-order valence-electron chi connectivity index (χ0n) is 19.8. The molecule has 0 radical (unpaired) electrons. The maximum atomic E-state index is 11.9. The van der Waals surface area contributed by atoms with Gasteiger partial charge in [-0.1, -0.05) is 54.9 Å². The minimum atomic E-state index is 0. The van der Waals surface area contributed by atoms with Gasteiger partial charge in [0.2, 0.25) is 5.91 Å². The van der Waals surface area contributed by atoms with Gasteiger partial charge in [0.1, 0.15) is 0 Å². The van der Waals surface area contributed by atoms with E-state index < -0.39 is 0 Å². The second kappa shape index (κ2) is 15.1. The van der Waals surface area contributed by atoms with Crippen molar-refractivity contribution in [2.45, 2.75) is 113 Å². The van der Waals surface area contributed by atoms with Crippen LogP contribution in [0.1, 0.15) is 107 Å². The van der Waals surface area contributed by atoms with Crippen molar-refractivity contribution in [3.8, 4) is 0 Å². The summed E-state index contributed by atoms with van der Waals surface area (Å²) in [5, 5.41) is 3.28. The molecule has 171 valence electrons. The predicted octanol–water partition coefficient (Wildman–Crippen LogP) is -0.704. The number of hydrogen-bond donors (Lipinski definition) is 2. The average Bonchev–Trinajstić information content (AvgIpc) is 2.54. The van der Waals surface area contributed by atoms with Crippen LogP contribution in [0.5, 0.6) is 0 Å². The Morgan fingerprint density at radius 1 is 0.931 bits per heavy atom. The van der Waals surface area contributed by atoms with E-state index in [-0.39, 0.29) is 47.5 Å². The first-order valence-electron chi connectivity index (χ1n) is 10.6. The standard InChI is InChI=1S/C18H35NO.C4H9NO.2ClH.Ti/c1-8-10-15(20)19-14-11-9-12-18(13-14,16(2,3)4)17(5,6)7;1-2-3-4(5)6;;;/h14H,8-13H2,1-7H3,(H,19,20);2-3H2,1H3,(H2,5,6);2*1H;/q;;;;+3/p-3. The Hall–Kier alpha value is 0.234. The molecule has 0 spiro atoms. The average molecular weight is 486 g/mol. The van der Waals surface area contributed by atoms with Crippen LogP contribution in [0.2, 0.25) is 0 Å². The van der Waals surface area contributed by atoms with E-state index in [1.165, 1.54) is 12.8 Å². The summed E-state index contributed by atoms with van der Waals surface area (Å²) < 4.78 is 2.53. The molecular formula is C22H43Cl2N2O2Ti. The largest absolute Gasteiger partial charge is 1.00 e. The van der Waals surface area contributed by atoms with E-state index in [9.17, 15) is 9.59 Å². The molecule has 29 heavy (non-hydrogen) atoms. The van der Waals surface area contributed by atoms with Crippen LogP contribution >= 0.6 is 0 Å². The topological polar surface area (TPSA) is 58.2 Å². The SMILES string of the molecule is CCCC(=O)NC1CCCC(C(C)(C)C)(C(C)(C)C)C1.CCCC(=O)[NH][Ti+2].[Cl-].[Cl-]. The summed E-state index contributed by atoms with van der Waals surface area (Å²) in [4.78, 5) is 22.2. The maximum absolute atomic E-state index is 11.9. The molecule has 1 unspecified atom stereocenters. The maximum Gasteiger partial charge on any atom is -1.00 e. The van der Waals surface area contributed by atoms with Gasteiger partial charge in [0.05, 0.1) is 0 Å². The number of amides is 2. The molecule has 0 aromatic rings. The smallest absolute Gasteiger partial charge is 1.00 e. The zero-order valence-corrected chi connectivity index (χ0v) is 22.9. The Morgan fingerprint density at radius 3 is 1.72 bits per heavy atom. The summed E-state index contributed by atoms with van der Waals surface area (Å²) in [5.74, 6) is 0.360. The molecule has 0 aliphatic heterocycles. The van der Waals surface area contributed by atoms with Crippen LogP contribution in [0.25, 0.3) is 0 Å². The second-order valence-electron chi connectivity index (χ2n) is 9.99. The summed E-state index contributed by atoms with van der Waals surface area (Å²) in [5.41, 5.74) is 0.821. The first-order chi connectivity index (χ1) is 12.3. The van der Waals surface area contributed by atoms with Gasteiger partial charge in [-0.05, 0) is 41.9 Å². The number of carbonyl (C=O) groups is 2. The van der Waals surface area contributed by atoms with Gasteiger partial charge >= 0.3 is 55.0 Å². The van der Waals surface area contributed by atoms with Gasteiger partial charge in [-0.15, -0.1) is 0 Å². The van der Waals surface area contributed by atoms with Crippen molar-refractivity contribution in [3.63, 3.8) is 0 Å². The molecule has 4 nitrogen and oxygen atoms in total. The minimum Gasteiger partial charge on any atom is -1.00 e. The molecule has 1 fully saturated rings. The van der Waals surface area contributed by atoms with Crippen LogP contribution in [-0.4, -0.2) is 17.9 Å². The van der Waals surface area contributed by atoms with E-state index in [2.05, 4.69) is 57.6 Å². The monoisotopic (exact) mass is 485 g/mol. The third kappa shape index (κ3) is 10.9. The van der Waals surface area contributed by atoms with E-state index in [0.717, 1.165) is 25.7 Å². The van der Waals surface area contributed by atoms with E-state index in [1.54, 1.807) is 20.7 Å². The van der Waals surface area contributed by atoms with Crippen LogP contribution in [0.3, 0.4) is 0 Å². The Balaban J connectivity index is -0.000000649. The summed E-state index contributed by atoms with van der Waals surface area (Å²) in [6, 6.07) is 0.362. The molecule has 1 aliphatic carbocycles. The van der Waals surface area contributed by atoms with Crippen molar-refractivity contribution in [1.29, 1.82) is 0 Å². The second-order valence-corrected chi connectivity index (χ2v) is 10.4. The quantitative estimate of drug-likeness (QED) is 0.505. The Kier molecular flexibility index (Phi) is 17.6. The Labute approximate surface area is 204 Å². The number of rotatable bonds is 5. The van der Waals surface area contributed by atoms with Crippen LogP contribution in [-0.2, 0) is 30.3 Å². The van der Waals surface area contributed by atoms with E-state index in [0.29, 0.717) is 24.3 Å². The molecule has 1 rings (SSSR count). The van der Waals surface area contributed by atoms with Gasteiger partial charge in [0, 0.05) is 12.5 Å². The molecule has 2 amide bonds. The van der Waals surface area contributed by atoms with Crippen molar-refractivity contribution in [2.24, 2.45) is 16.2 Å². The van der Waals surface area contributed by atoms with Gasteiger partial charge < -0.3 is 30.1 Å². The molecule has 7 heteroatoms. The van der Waals surface area contributed by atoms with Gasteiger partial charge in [-0.2, -0.15) is 0 Å². The molecule has 1 saturated carbocycles. The van der Waals surface area contributed by atoms with Gasteiger partial charge in [-0.25, -0.2) is 0 Å². The number of nitrogens with one attached hydrogen (secondary N) is 2. The fraction of sp³-hybridized carbons (Fsp3) is 0.909. The van der Waals surface area contributed by atoms with E-state index in [1.807, 2.05) is 6.92 Å². The molecule has 0 saturated heterocycles. The first kappa shape index (κ1) is 33.9. The van der Waals surface area contributed by atoms with E-state index >= 15 is 0 Å². The fourth-order valence-electron chi connectivity index (χ4n) is 4.70. The molecule has 0 aromatic carbocycles. The van der Waals surface area contributed by atoms with E-state index in [4.69, 9.17) is 0 Å². The molecule has 2 N–H and O–H groups in total. The summed E-state index contributed by atoms with van der Waals surface area (Å²) in [6.45, 7) is 18.3. The molecule has 1 atom stereocenters. The zero-order chi connectivity index (χ0) is 21.3. The normalized spacial score (nSPS) is 18.2. The van der Waals surface area contributed by atoms with Crippen molar-refractivity contribution in [1.82, 2.24) is 9.12 Å². The van der Waals surface area contributed by atoms with Gasteiger partial charge in [0.25, 0.3) is 0 Å².